The van der Waals surface area contributed by atoms with E-state index in [0.29, 0.717) is 34.9 Å². The van der Waals surface area contributed by atoms with Gasteiger partial charge in [-0.05, 0) is 35.7 Å². The van der Waals surface area contributed by atoms with Crippen molar-refractivity contribution in [3.63, 3.8) is 0 Å². The van der Waals surface area contributed by atoms with E-state index in [1.807, 2.05) is 25.1 Å². The standard InChI is InChI=1S/C20H18N2O6/c1-2-11-5-13(15(23)7-17(11)26-9-19(24)25)20-14(8-21-22-20)12-3-4-16-18(6-12)28-10-27-16/h3-8,23H,2,9-10H2,1H3,(H,21,22)(H,24,25)/p-1. The number of hydrogen-bond donors (Lipinski definition) is 2. The van der Waals surface area contributed by atoms with Gasteiger partial charge in [-0.2, -0.15) is 5.10 Å². The van der Waals surface area contributed by atoms with Crippen LogP contribution in [0.2, 0.25) is 0 Å². The van der Waals surface area contributed by atoms with Gasteiger partial charge in [0.25, 0.3) is 0 Å². The van der Waals surface area contributed by atoms with Gasteiger partial charge < -0.3 is 29.2 Å². The molecule has 0 saturated carbocycles. The predicted molar refractivity (Wildman–Crippen MR) is 97.1 cm³/mol. The van der Waals surface area contributed by atoms with Crippen LogP contribution in [0.25, 0.3) is 22.4 Å². The number of benzene rings is 2. The molecule has 144 valence electrons. The lowest BCUT2D eigenvalue weighted by atomic mass is 9.98. The fraction of sp³-hybridized carbons (Fsp3) is 0.200. The van der Waals surface area contributed by atoms with E-state index < -0.39 is 12.6 Å². The molecule has 1 aliphatic heterocycles. The summed E-state index contributed by atoms with van der Waals surface area (Å²) >= 11 is 0. The highest BCUT2D eigenvalue weighted by Crippen LogP contribution is 2.41. The van der Waals surface area contributed by atoms with Crippen LogP contribution in [0.15, 0.2) is 36.5 Å². The van der Waals surface area contributed by atoms with Gasteiger partial charge in [0, 0.05) is 17.2 Å². The van der Waals surface area contributed by atoms with Crippen molar-refractivity contribution in [2.45, 2.75) is 13.3 Å². The van der Waals surface area contributed by atoms with E-state index in [0.717, 1.165) is 16.7 Å². The minimum absolute atomic E-state index is 0.0585. The summed E-state index contributed by atoms with van der Waals surface area (Å²) in [6.07, 6.45) is 2.25. The van der Waals surface area contributed by atoms with Crippen molar-refractivity contribution in [1.29, 1.82) is 0 Å². The number of phenolic OH excluding ortho intramolecular Hbond substituents is 1. The summed E-state index contributed by atoms with van der Waals surface area (Å²) in [5, 5.41) is 28.2. The van der Waals surface area contributed by atoms with Crippen molar-refractivity contribution in [2.75, 3.05) is 13.4 Å². The van der Waals surface area contributed by atoms with Crippen LogP contribution < -0.4 is 19.3 Å². The molecule has 1 aromatic heterocycles. The second-order valence-corrected chi connectivity index (χ2v) is 6.22. The number of aryl methyl sites for hydroxylation is 1. The Morgan fingerprint density at radius 1 is 1.25 bits per heavy atom. The number of aromatic nitrogens is 2. The minimum Gasteiger partial charge on any atom is -0.546 e. The predicted octanol–water partition coefficient (Wildman–Crippen LogP) is 1.87. The molecule has 0 atom stereocenters. The molecule has 0 fully saturated rings. The maximum atomic E-state index is 10.7. The molecule has 8 heteroatoms. The number of ether oxygens (including phenoxy) is 3. The van der Waals surface area contributed by atoms with Gasteiger partial charge in [0.05, 0.1) is 17.9 Å². The van der Waals surface area contributed by atoms with E-state index in [2.05, 4.69) is 10.2 Å². The highest BCUT2D eigenvalue weighted by molar-refractivity contribution is 5.84. The number of nitrogens with one attached hydrogen (secondary N) is 1. The molecule has 0 amide bonds. The van der Waals surface area contributed by atoms with Gasteiger partial charge in [0.15, 0.2) is 11.5 Å². The van der Waals surface area contributed by atoms with Crippen LogP contribution in [0.1, 0.15) is 12.5 Å². The topological polar surface area (TPSA) is 117 Å². The van der Waals surface area contributed by atoms with Crippen LogP contribution >= 0.6 is 0 Å². The summed E-state index contributed by atoms with van der Waals surface area (Å²) < 4.78 is 16.0. The van der Waals surface area contributed by atoms with Crippen molar-refractivity contribution in [2.24, 2.45) is 0 Å². The molecule has 2 heterocycles. The number of carboxylic acids is 1. The Kier molecular flexibility index (Phi) is 4.52. The van der Waals surface area contributed by atoms with Crippen molar-refractivity contribution in [3.05, 3.63) is 42.1 Å². The van der Waals surface area contributed by atoms with Crippen molar-refractivity contribution in [1.82, 2.24) is 10.2 Å². The van der Waals surface area contributed by atoms with Gasteiger partial charge in [-0.15, -0.1) is 0 Å². The van der Waals surface area contributed by atoms with E-state index in [1.54, 1.807) is 12.3 Å². The number of aromatic amines is 1. The molecule has 0 radical (unpaired) electrons. The van der Waals surface area contributed by atoms with Gasteiger partial charge >= 0.3 is 0 Å². The monoisotopic (exact) mass is 381 g/mol. The molecule has 3 aromatic rings. The first-order valence-electron chi connectivity index (χ1n) is 8.69. The molecule has 0 unspecified atom stereocenters. The van der Waals surface area contributed by atoms with Crippen LogP contribution in [-0.2, 0) is 11.2 Å². The maximum Gasteiger partial charge on any atom is 0.231 e. The third kappa shape index (κ3) is 3.20. The summed E-state index contributed by atoms with van der Waals surface area (Å²) in [5.41, 5.74) is 3.53. The average Bonchev–Trinajstić information content (AvgIpc) is 3.34. The number of rotatable bonds is 6. The van der Waals surface area contributed by atoms with Crippen LogP contribution in [0, 0.1) is 0 Å². The molecule has 1 aliphatic rings. The number of aromatic hydroxyl groups is 1. The highest BCUT2D eigenvalue weighted by atomic mass is 16.7. The Morgan fingerprint density at radius 3 is 2.86 bits per heavy atom. The van der Waals surface area contributed by atoms with E-state index in [4.69, 9.17) is 14.2 Å². The molecule has 0 bridgehead atoms. The summed E-state index contributed by atoms with van der Waals surface area (Å²) in [5.74, 6) is 0.242. The number of aliphatic carboxylic acids is 1. The molecule has 4 rings (SSSR count). The SMILES string of the molecule is CCc1cc(-c2[nH]ncc2-c2ccc3c(c2)OCO3)c(O)cc1OCC(=O)[O-]. The van der Waals surface area contributed by atoms with Gasteiger partial charge in [-0.1, -0.05) is 13.0 Å². The molecule has 2 aromatic carbocycles. The van der Waals surface area contributed by atoms with Crippen LogP contribution in [0.5, 0.6) is 23.0 Å². The zero-order valence-electron chi connectivity index (χ0n) is 15.0. The molecular weight excluding hydrogens is 364 g/mol. The fourth-order valence-electron chi connectivity index (χ4n) is 3.14. The number of carbonyl (C=O) groups is 1. The normalized spacial score (nSPS) is 12.2. The lowest BCUT2D eigenvalue weighted by Crippen LogP contribution is -2.29. The van der Waals surface area contributed by atoms with Gasteiger partial charge in [0.2, 0.25) is 6.79 Å². The zero-order chi connectivity index (χ0) is 19.7. The smallest absolute Gasteiger partial charge is 0.231 e. The quantitative estimate of drug-likeness (QED) is 0.669. The van der Waals surface area contributed by atoms with E-state index in [-0.39, 0.29) is 12.5 Å². The number of H-pyrrole nitrogens is 1. The number of carboxylic acid groups (broad SMARTS) is 1. The first-order chi connectivity index (χ1) is 13.6. The van der Waals surface area contributed by atoms with Crippen LogP contribution in [-0.4, -0.2) is 34.7 Å². The average molecular weight is 381 g/mol. The fourth-order valence-corrected chi connectivity index (χ4v) is 3.14. The molecule has 0 saturated heterocycles. The number of phenols is 1. The first-order valence-corrected chi connectivity index (χ1v) is 8.69. The highest BCUT2D eigenvalue weighted by Gasteiger charge is 2.19. The number of fused-ring (bicyclic) bond motifs is 1. The van der Waals surface area contributed by atoms with Gasteiger partial charge in [-0.3, -0.25) is 5.10 Å². The van der Waals surface area contributed by atoms with Crippen molar-refractivity contribution >= 4 is 5.97 Å². The summed E-state index contributed by atoms with van der Waals surface area (Å²) in [7, 11) is 0. The summed E-state index contributed by atoms with van der Waals surface area (Å²) in [4.78, 5) is 10.7. The maximum absolute atomic E-state index is 10.7. The molecule has 2 N–H and O–H groups in total. The van der Waals surface area contributed by atoms with Crippen LogP contribution in [0.4, 0.5) is 0 Å². The van der Waals surface area contributed by atoms with E-state index >= 15 is 0 Å². The zero-order valence-corrected chi connectivity index (χ0v) is 15.0. The van der Waals surface area contributed by atoms with Gasteiger partial charge in [0.1, 0.15) is 18.1 Å². The lowest BCUT2D eigenvalue weighted by molar-refractivity contribution is -0.307. The molecule has 0 aliphatic carbocycles. The molecule has 28 heavy (non-hydrogen) atoms. The largest absolute Gasteiger partial charge is 0.546 e. The van der Waals surface area contributed by atoms with Crippen molar-refractivity contribution < 1.29 is 29.2 Å². The Balaban J connectivity index is 1.74. The Morgan fingerprint density at radius 2 is 2.07 bits per heavy atom. The second kappa shape index (κ2) is 7.15. The molecule has 8 nitrogen and oxygen atoms in total. The Labute approximate surface area is 160 Å². The van der Waals surface area contributed by atoms with E-state index in [1.165, 1.54) is 6.07 Å². The number of hydrogen-bond acceptors (Lipinski definition) is 7. The third-order valence-corrected chi connectivity index (χ3v) is 4.50. The first kappa shape index (κ1) is 17.7. The third-order valence-electron chi connectivity index (χ3n) is 4.50. The summed E-state index contributed by atoms with van der Waals surface area (Å²) in [6.45, 7) is 1.51. The molecular formula is C20H17N2O6-. The van der Waals surface area contributed by atoms with Crippen molar-refractivity contribution in [3.8, 4) is 45.4 Å². The minimum atomic E-state index is -1.33. The number of nitrogens with zero attached hydrogens (tertiary/aromatic N) is 1. The molecule has 0 spiro atoms. The Hall–Kier alpha value is -3.68. The number of carbonyl (C=O) groups excluding carboxylic acids is 1. The lowest BCUT2D eigenvalue weighted by Gasteiger charge is -2.14. The Bertz CT molecular complexity index is 1040. The second-order valence-electron chi connectivity index (χ2n) is 6.22. The summed E-state index contributed by atoms with van der Waals surface area (Å²) in [6, 6.07) is 8.72. The van der Waals surface area contributed by atoms with Gasteiger partial charge in [-0.25, -0.2) is 0 Å². The van der Waals surface area contributed by atoms with Crippen LogP contribution in [0.3, 0.4) is 0 Å². The van der Waals surface area contributed by atoms with E-state index in [9.17, 15) is 15.0 Å².